The number of ether oxygens (including phenoxy) is 2. The second-order valence-electron chi connectivity index (χ2n) is 7.18. The number of methoxy groups -OCH3 is 1. The number of fused-ring (bicyclic) bond motifs is 1. The summed E-state index contributed by atoms with van der Waals surface area (Å²) in [6.45, 7) is 1.72. The van der Waals surface area contributed by atoms with Crippen molar-refractivity contribution in [3.63, 3.8) is 0 Å². The van der Waals surface area contributed by atoms with Crippen molar-refractivity contribution in [2.24, 2.45) is 5.73 Å². The van der Waals surface area contributed by atoms with Gasteiger partial charge in [0.05, 0.1) is 17.3 Å². The van der Waals surface area contributed by atoms with E-state index in [1.165, 1.54) is 12.1 Å². The number of hydrogen-bond donors (Lipinski definition) is 1. The molecule has 0 amide bonds. The first-order chi connectivity index (χ1) is 15.6. The van der Waals surface area contributed by atoms with E-state index in [1.807, 2.05) is 30.3 Å². The lowest BCUT2D eigenvalue weighted by Crippen LogP contribution is -2.28. The second kappa shape index (κ2) is 9.93. The molecule has 0 fully saturated rings. The fraction of sp³-hybridized carbons (Fsp3) is 0.208. The van der Waals surface area contributed by atoms with Crippen LogP contribution >= 0.6 is 11.3 Å². The average Bonchev–Trinajstić information content (AvgIpc) is 3.23. The summed E-state index contributed by atoms with van der Waals surface area (Å²) in [4.78, 5) is 6.87. The van der Waals surface area contributed by atoms with Crippen LogP contribution in [0.1, 0.15) is 11.1 Å². The molecule has 8 heteroatoms. The molecule has 2 N–H and O–H groups in total. The molecule has 1 heterocycles. The Kier molecular flexibility index (Phi) is 6.82. The van der Waals surface area contributed by atoms with Crippen LogP contribution in [0.4, 0.5) is 13.9 Å². The van der Waals surface area contributed by atoms with E-state index in [9.17, 15) is 8.78 Å². The van der Waals surface area contributed by atoms with Gasteiger partial charge in [-0.1, -0.05) is 29.5 Å². The van der Waals surface area contributed by atoms with Crippen LogP contribution in [-0.4, -0.2) is 25.2 Å². The summed E-state index contributed by atoms with van der Waals surface area (Å²) in [7, 11) is 1.55. The summed E-state index contributed by atoms with van der Waals surface area (Å²) in [5.41, 5.74) is 8.07. The molecule has 0 spiro atoms. The SMILES string of the molecule is COc1cc(CN(CCN)c2nc3ccccc3s2)ccc1OCc1ccc(F)cc1F. The predicted octanol–water partition coefficient (Wildman–Crippen LogP) is 5.13. The molecule has 0 aliphatic heterocycles. The zero-order valence-electron chi connectivity index (χ0n) is 17.6. The van der Waals surface area contributed by atoms with Crippen molar-refractivity contribution < 1.29 is 18.3 Å². The minimum Gasteiger partial charge on any atom is -0.493 e. The lowest BCUT2D eigenvalue weighted by Gasteiger charge is -2.22. The van der Waals surface area contributed by atoms with Crippen LogP contribution in [0.25, 0.3) is 10.2 Å². The smallest absolute Gasteiger partial charge is 0.186 e. The number of halogens is 2. The van der Waals surface area contributed by atoms with E-state index in [2.05, 4.69) is 11.0 Å². The van der Waals surface area contributed by atoms with Gasteiger partial charge in [-0.05, 0) is 42.0 Å². The van der Waals surface area contributed by atoms with Gasteiger partial charge in [0.25, 0.3) is 0 Å². The number of anilines is 1. The Hall–Kier alpha value is -3.23. The number of nitrogens with two attached hydrogens (primary N) is 1. The van der Waals surface area contributed by atoms with Gasteiger partial charge in [0.2, 0.25) is 0 Å². The number of aromatic nitrogens is 1. The summed E-state index contributed by atoms with van der Waals surface area (Å²) in [5, 5.41) is 0.905. The van der Waals surface area contributed by atoms with Gasteiger partial charge in [-0.2, -0.15) is 0 Å². The van der Waals surface area contributed by atoms with Crippen LogP contribution in [0.15, 0.2) is 60.7 Å². The fourth-order valence-corrected chi connectivity index (χ4v) is 4.33. The third-order valence-corrected chi connectivity index (χ3v) is 6.05. The number of thiazole rings is 1. The van der Waals surface area contributed by atoms with E-state index in [4.69, 9.17) is 20.2 Å². The maximum Gasteiger partial charge on any atom is 0.186 e. The highest BCUT2D eigenvalue weighted by atomic mass is 32.1. The Morgan fingerprint density at radius 2 is 1.88 bits per heavy atom. The quantitative estimate of drug-likeness (QED) is 0.379. The van der Waals surface area contributed by atoms with Crippen LogP contribution < -0.4 is 20.1 Å². The van der Waals surface area contributed by atoms with Gasteiger partial charge >= 0.3 is 0 Å². The van der Waals surface area contributed by atoms with Gasteiger partial charge in [0.15, 0.2) is 16.6 Å². The molecule has 0 atom stereocenters. The summed E-state index contributed by atoms with van der Waals surface area (Å²) in [5.74, 6) is -0.260. The number of para-hydroxylation sites is 1. The van der Waals surface area contributed by atoms with E-state index in [0.29, 0.717) is 31.1 Å². The van der Waals surface area contributed by atoms with Crippen molar-refractivity contribution >= 4 is 26.7 Å². The molecule has 3 aromatic carbocycles. The highest BCUT2D eigenvalue weighted by molar-refractivity contribution is 7.22. The molecule has 0 aliphatic carbocycles. The maximum absolute atomic E-state index is 13.9. The molecule has 166 valence electrons. The summed E-state index contributed by atoms with van der Waals surface area (Å²) < 4.78 is 39.3. The summed E-state index contributed by atoms with van der Waals surface area (Å²) in [6.07, 6.45) is 0. The zero-order valence-corrected chi connectivity index (χ0v) is 18.4. The molecule has 0 saturated carbocycles. The average molecular weight is 456 g/mol. The fourth-order valence-electron chi connectivity index (χ4n) is 3.34. The molecule has 4 aromatic rings. The Morgan fingerprint density at radius 3 is 2.62 bits per heavy atom. The van der Waals surface area contributed by atoms with Gasteiger partial charge in [-0.3, -0.25) is 0 Å². The van der Waals surface area contributed by atoms with Crippen molar-refractivity contribution in [2.75, 3.05) is 25.1 Å². The molecule has 0 unspecified atom stereocenters. The predicted molar refractivity (Wildman–Crippen MR) is 123 cm³/mol. The molecule has 1 aromatic heterocycles. The van der Waals surface area contributed by atoms with Gasteiger partial charge in [0.1, 0.15) is 18.2 Å². The third-order valence-electron chi connectivity index (χ3n) is 4.95. The Labute approximate surface area is 189 Å². The molecule has 32 heavy (non-hydrogen) atoms. The highest BCUT2D eigenvalue weighted by Gasteiger charge is 2.15. The molecule has 0 radical (unpaired) electrons. The van der Waals surface area contributed by atoms with Crippen molar-refractivity contribution in [1.82, 2.24) is 4.98 Å². The number of rotatable bonds is 9. The molecule has 5 nitrogen and oxygen atoms in total. The lowest BCUT2D eigenvalue weighted by molar-refractivity contribution is 0.279. The Balaban J connectivity index is 1.51. The molecule has 0 saturated heterocycles. The molecular formula is C24H23F2N3O2S. The maximum atomic E-state index is 13.9. The van der Waals surface area contributed by atoms with Crippen LogP contribution in [0, 0.1) is 11.6 Å². The lowest BCUT2D eigenvalue weighted by atomic mass is 10.2. The van der Waals surface area contributed by atoms with Crippen LogP contribution in [0.3, 0.4) is 0 Å². The molecular weight excluding hydrogens is 432 g/mol. The minimum absolute atomic E-state index is 0.0349. The van der Waals surface area contributed by atoms with E-state index in [0.717, 1.165) is 27.0 Å². The summed E-state index contributed by atoms with van der Waals surface area (Å²) >= 11 is 1.63. The Morgan fingerprint density at radius 1 is 1.03 bits per heavy atom. The van der Waals surface area contributed by atoms with Crippen LogP contribution in [-0.2, 0) is 13.2 Å². The van der Waals surface area contributed by atoms with E-state index >= 15 is 0 Å². The second-order valence-corrected chi connectivity index (χ2v) is 8.19. The van der Waals surface area contributed by atoms with E-state index < -0.39 is 11.6 Å². The molecule has 4 rings (SSSR count). The van der Waals surface area contributed by atoms with E-state index in [1.54, 1.807) is 24.5 Å². The van der Waals surface area contributed by atoms with Gasteiger partial charge < -0.3 is 20.1 Å². The first-order valence-corrected chi connectivity index (χ1v) is 10.9. The number of hydrogen-bond acceptors (Lipinski definition) is 6. The largest absolute Gasteiger partial charge is 0.493 e. The zero-order chi connectivity index (χ0) is 22.5. The monoisotopic (exact) mass is 455 g/mol. The standard InChI is InChI=1S/C24H23F2N3O2S/c1-30-22-12-16(6-9-21(22)31-15-17-7-8-18(25)13-19(17)26)14-29(11-10-27)24-28-20-4-2-3-5-23(20)32-24/h2-9,12-13H,10-11,14-15,27H2,1H3. The third kappa shape index (κ3) is 4.98. The van der Waals surface area contributed by atoms with Crippen molar-refractivity contribution in [3.8, 4) is 11.5 Å². The minimum atomic E-state index is -0.645. The van der Waals surface area contributed by atoms with Crippen LogP contribution in [0.2, 0.25) is 0 Å². The van der Waals surface area contributed by atoms with Crippen molar-refractivity contribution in [1.29, 1.82) is 0 Å². The number of benzene rings is 3. The molecule has 0 bridgehead atoms. The van der Waals surface area contributed by atoms with Crippen LogP contribution in [0.5, 0.6) is 11.5 Å². The number of nitrogens with zero attached hydrogens (tertiary/aromatic N) is 2. The van der Waals surface area contributed by atoms with Gasteiger partial charge in [0, 0.05) is 31.3 Å². The highest BCUT2D eigenvalue weighted by Crippen LogP contribution is 2.32. The van der Waals surface area contributed by atoms with E-state index in [-0.39, 0.29) is 12.2 Å². The normalized spacial score (nSPS) is 11.0. The van der Waals surface area contributed by atoms with Gasteiger partial charge in [-0.25, -0.2) is 13.8 Å². The summed E-state index contributed by atoms with van der Waals surface area (Å²) in [6, 6.07) is 17.0. The first kappa shape index (κ1) is 22.0. The van der Waals surface area contributed by atoms with Crippen molar-refractivity contribution in [3.05, 3.63) is 83.4 Å². The van der Waals surface area contributed by atoms with Gasteiger partial charge in [-0.15, -0.1) is 0 Å². The Bertz CT molecular complexity index is 1180. The topological polar surface area (TPSA) is 60.6 Å². The van der Waals surface area contributed by atoms with Crippen molar-refractivity contribution in [2.45, 2.75) is 13.2 Å². The molecule has 0 aliphatic rings. The first-order valence-electron chi connectivity index (χ1n) is 10.1.